The van der Waals surface area contributed by atoms with Crippen LogP contribution in [0, 0.1) is 0 Å². The molecule has 6 aromatic carbocycles. The topological polar surface area (TPSA) is 190 Å². The molecule has 288 valence electrons. The van der Waals surface area contributed by atoms with E-state index >= 15 is 0 Å². The lowest BCUT2D eigenvalue weighted by molar-refractivity contribution is 0.449. The van der Waals surface area contributed by atoms with Gasteiger partial charge in [0.2, 0.25) is 0 Å². The van der Waals surface area contributed by atoms with Crippen LogP contribution in [0.4, 0.5) is 0 Å². The fraction of sp³-hybridized carbons (Fsp3) is 0.182. The number of hydrogen-bond acceptors (Lipinski definition) is 8. The lowest BCUT2D eigenvalue weighted by atomic mass is 9.88. The summed E-state index contributed by atoms with van der Waals surface area (Å²) in [4.78, 5) is -0.946. The molecule has 1 aliphatic carbocycles. The third-order valence-corrected chi connectivity index (χ3v) is 12.0. The number of rotatable bonds is 8. The average Bonchev–Trinajstić information content (AvgIpc) is 3.15. The monoisotopic (exact) mass is 792 g/mol. The third-order valence-electron chi connectivity index (χ3n) is 10.3. The van der Waals surface area contributed by atoms with Gasteiger partial charge in [0.25, 0.3) is 20.2 Å². The molecule has 0 amide bonds. The first-order valence-corrected chi connectivity index (χ1v) is 20.9. The van der Waals surface area contributed by atoms with Gasteiger partial charge in [-0.15, -0.1) is 0 Å². The minimum atomic E-state index is -4.77. The van der Waals surface area contributed by atoms with Crippen molar-refractivity contribution in [2.45, 2.75) is 61.2 Å². The molecule has 12 heteroatoms. The molecule has 0 unspecified atom stereocenters. The molecule has 8 bridgehead atoms. The van der Waals surface area contributed by atoms with Crippen molar-refractivity contribution in [3.05, 3.63) is 176 Å². The molecule has 6 aromatic rings. The van der Waals surface area contributed by atoms with Crippen LogP contribution in [-0.4, -0.2) is 46.4 Å². The molecular formula is C44H40O10S2. The molecule has 1 aliphatic rings. The third kappa shape index (κ3) is 8.58. The molecule has 0 saturated heterocycles. The van der Waals surface area contributed by atoms with Crippen LogP contribution in [0.25, 0.3) is 0 Å². The number of phenols is 4. The minimum absolute atomic E-state index is 0.0853. The second-order valence-electron chi connectivity index (χ2n) is 14.3. The van der Waals surface area contributed by atoms with Crippen molar-refractivity contribution in [1.29, 1.82) is 0 Å². The maximum Gasteiger partial charge on any atom is 0.294 e. The lowest BCUT2D eigenvalue weighted by Gasteiger charge is -2.20. The number of fused-ring (bicyclic) bond motifs is 8. The van der Waals surface area contributed by atoms with Crippen molar-refractivity contribution in [2.24, 2.45) is 0 Å². The van der Waals surface area contributed by atoms with Crippen LogP contribution in [0.3, 0.4) is 0 Å². The molecule has 0 fully saturated rings. The fourth-order valence-electron chi connectivity index (χ4n) is 7.47. The highest BCUT2D eigenvalue weighted by atomic mass is 32.2. The molecule has 6 N–H and O–H groups in total. The van der Waals surface area contributed by atoms with Crippen LogP contribution in [-0.2, 0) is 71.6 Å². The fourth-order valence-corrected chi connectivity index (χ4v) is 8.64. The van der Waals surface area contributed by atoms with E-state index in [1.807, 2.05) is 60.7 Å². The molecule has 10 nitrogen and oxygen atoms in total. The first-order chi connectivity index (χ1) is 26.6. The van der Waals surface area contributed by atoms with E-state index < -0.39 is 30.0 Å². The summed E-state index contributed by atoms with van der Waals surface area (Å²) in [5, 5.41) is 46.9. The second-order valence-corrected chi connectivity index (χ2v) is 17.2. The Morgan fingerprint density at radius 2 is 0.589 bits per heavy atom. The summed E-state index contributed by atoms with van der Waals surface area (Å²) < 4.78 is 70.8. The zero-order valence-corrected chi connectivity index (χ0v) is 31.8. The number of benzene rings is 6. The highest BCUT2D eigenvalue weighted by molar-refractivity contribution is 7.86. The Labute approximate surface area is 325 Å². The van der Waals surface area contributed by atoms with Crippen LogP contribution < -0.4 is 0 Å². The van der Waals surface area contributed by atoms with Crippen LogP contribution in [0.15, 0.2) is 119 Å². The summed E-state index contributed by atoms with van der Waals surface area (Å²) in [5.41, 5.74) is 5.16. The number of phenolic OH excluding ortho intramolecular Hbond substituents is 4. The van der Waals surface area contributed by atoms with E-state index in [1.165, 1.54) is 0 Å². The molecule has 56 heavy (non-hydrogen) atoms. The SMILES string of the molecule is O=S(=O)(O)c1cc2c(O)c(c1)Cc1cc(CCc3ccccc3)cc(c1O)Cc1cc(S(=O)(=O)O)cc(c1O)Cc1cc(CCc3ccccc3)cc(c1O)C2. The summed E-state index contributed by atoms with van der Waals surface area (Å²) in [6, 6.07) is 30.9. The van der Waals surface area contributed by atoms with Gasteiger partial charge in [0.05, 0.1) is 9.79 Å². The number of aromatic hydroxyl groups is 4. The Bertz CT molecular complexity index is 2390. The Balaban J connectivity index is 1.44. The Morgan fingerprint density at radius 3 is 0.839 bits per heavy atom. The summed E-state index contributed by atoms with van der Waals surface area (Å²) in [7, 11) is -9.54. The smallest absolute Gasteiger partial charge is 0.294 e. The van der Waals surface area contributed by atoms with Gasteiger partial charge in [0, 0.05) is 47.9 Å². The van der Waals surface area contributed by atoms with E-state index in [1.54, 1.807) is 24.3 Å². The van der Waals surface area contributed by atoms with E-state index in [0.29, 0.717) is 47.9 Å². The van der Waals surface area contributed by atoms with E-state index in [2.05, 4.69) is 0 Å². The van der Waals surface area contributed by atoms with Crippen molar-refractivity contribution in [3.8, 4) is 23.0 Å². The molecule has 0 radical (unpaired) electrons. The Morgan fingerprint density at radius 1 is 0.357 bits per heavy atom. The largest absolute Gasteiger partial charge is 0.507 e. The van der Waals surface area contributed by atoms with Crippen molar-refractivity contribution >= 4 is 20.2 Å². The van der Waals surface area contributed by atoms with Crippen LogP contribution >= 0.6 is 0 Å². The van der Waals surface area contributed by atoms with Crippen LogP contribution in [0.5, 0.6) is 23.0 Å². The van der Waals surface area contributed by atoms with Gasteiger partial charge in [-0.05, 0) is 94.5 Å². The maximum absolute atomic E-state index is 12.6. The predicted molar refractivity (Wildman–Crippen MR) is 211 cm³/mol. The summed E-state index contributed by atoms with van der Waals surface area (Å²) >= 11 is 0. The van der Waals surface area contributed by atoms with E-state index in [9.17, 15) is 46.4 Å². The van der Waals surface area contributed by atoms with Crippen LogP contribution in [0.2, 0.25) is 0 Å². The number of hydrogen-bond donors (Lipinski definition) is 6. The van der Waals surface area contributed by atoms with Gasteiger partial charge in [0.15, 0.2) is 0 Å². The van der Waals surface area contributed by atoms with Gasteiger partial charge in [0.1, 0.15) is 23.0 Å². The van der Waals surface area contributed by atoms with Gasteiger partial charge in [-0.2, -0.15) is 16.8 Å². The zero-order valence-electron chi connectivity index (χ0n) is 30.2. The predicted octanol–water partition coefficient (Wildman–Crippen LogP) is 7.25. The Hall–Kier alpha value is -5.66. The molecule has 0 aromatic heterocycles. The van der Waals surface area contributed by atoms with Crippen molar-refractivity contribution in [2.75, 3.05) is 0 Å². The zero-order chi connectivity index (χ0) is 39.8. The average molecular weight is 793 g/mol. The Kier molecular flexibility index (Phi) is 10.7. The maximum atomic E-state index is 12.6. The minimum Gasteiger partial charge on any atom is -0.507 e. The highest BCUT2D eigenvalue weighted by Gasteiger charge is 2.25. The molecule has 0 saturated carbocycles. The molecule has 0 heterocycles. The van der Waals surface area contributed by atoms with Crippen LogP contribution in [0.1, 0.15) is 66.8 Å². The second kappa shape index (κ2) is 15.5. The first kappa shape index (κ1) is 38.6. The van der Waals surface area contributed by atoms with Gasteiger partial charge in [-0.3, -0.25) is 9.11 Å². The lowest BCUT2D eigenvalue weighted by Crippen LogP contribution is -2.07. The molecule has 0 spiro atoms. The molecular weight excluding hydrogens is 753 g/mol. The quantitative estimate of drug-likeness (QED) is 0.0856. The summed E-state index contributed by atoms with van der Waals surface area (Å²) in [6.07, 6.45) is 1.53. The van der Waals surface area contributed by atoms with E-state index in [0.717, 1.165) is 46.5 Å². The molecule has 7 rings (SSSR count). The van der Waals surface area contributed by atoms with E-state index in [4.69, 9.17) is 0 Å². The van der Waals surface area contributed by atoms with Crippen molar-refractivity contribution < 1.29 is 46.4 Å². The van der Waals surface area contributed by atoms with Crippen molar-refractivity contribution in [3.63, 3.8) is 0 Å². The molecule has 0 atom stereocenters. The first-order valence-electron chi connectivity index (χ1n) is 18.0. The summed E-state index contributed by atoms with van der Waals surface area (Å²) in [6.45, 7) is 0. The normalized spacial score (nSPS) is 13.0. The van der Waals surface area contributed by atoms with E-state index in [-0.39, 0.29) is 70.9 Å². The standard InChI is InChI=1S/C44H40O10S2/c45-41-31-15-29(13-11-27-7-3-1-4-8-27)16-32(41)20-36-24-40(56(52,53)54)26-38(44(36)48)22-34-18-30(14-12-28-9-5-2-6-10-28)17-33(42(34)46)21-37-25-39(55(49,50)51)23-35(19-31)43(37)47/h1-10,15-18,23-26,45-48H,11-14,19-22H2,(H,49,50,51)(H,52,53,54). The molecule has 0 aliphatic heterocycles. The van der Waals surface area contributed by atoms with Gasteiger partial charge >= 0.3 is 0 Å². The number of aryl methyl sites for hydroxylation is 4. The van der Waals surface area contributed by atoms with Gasteiger partial charge < -0.3 is 20.4 Å². The van der Waals surface area contributed by atoms with Gasteiger partial charge in [-0.25, -0.2) is 0 Å². The highest BCUT2D eigenvalue weighted by Crippen LogP contribution is 2.40. The van der Waals surface area contributed by atoms with Gasteiger partial charge in [-0.1, -0.05) is 84.9 Å². The van der Waals surface area contributed by atoms with Crippen molar-refractivity contribution in [1.82, 2.24) is 0 Å². The summed E-state index contributed by atoms with van der Waals surface area (Å²) in [5.74, 6) is -1.03.